The van der Waals surface area contributed by atoms with Gasteiger partial charge in [-0.1, -0.05) is 262 Å². The number of rotatable bonds is 56. The molecule has 444 valence electrons. The summed E-state index contributed by atoms with van der Waals surface area (Å²) in [5, 5.41) is 0. The third-order valence-electron chi connectivity index (χ3n) is 13.0. The predicted molar refractivity (Wildman–Crippen MR) is 343 cm³/mol. The van der Waals surface area contributed by atoms with Crippen LogP contribution in [0.5, 0.6) is 0 Å². The van der Waals surface area contributed by atoms with Crippen LogP contribution in [0.3, 0.4) is 0 Å². The summed E-state index contributed by atoms with van der Waals surface area (Å²) in [6, 6.07) is 0. The average Bonchev–Trinajstić information content (AvgIpc) is 3.45. The first kappa shape index (κ1) is 74.0. The third-order valence-corrected chi connectivity index (χ3v) is 13.0. The highest BCUT2D eigenvalue weighted by molar-refractivity contribution is 5.71. The van der Waals surface area contributed by atoms with E-state index in [2.05, 4.69) is 179 Å². The first-order valence-electron chi connectivity index (χ1n) is 32.0. The van der Waals surface area contributed by atoms with E-state index in [9.17, 15) is 14.4 Å². The SMILES string of the molecule is CC/C=C\C/C=C\C/C=C\C/C=C\C/C=C\C/C=C\C/C=C\CCCCCCCC(=O)OCC(COC(=O)CCCCCCCCC/C=C\C/C=C\C/C=C\CC)OC(=O)CCCCCCCCC/C=C\C/C=C\C/C=C\CC. The van der Waals surface area contributed by atoms with Crippen LogP contribution in [0.4, 0.5) is 0 Å². The number of esters is 3. The van der Waals surface area contributed by atoms with Gasteiger partial charge in [-0.2, -0.15) is 0 Å². The lowest BCUT2D eigenvalue weighted by molar-refractivity contribution is -0.167. The molecule has 0 N–H and O–H groups in total. The number of carbonyl (C=O) groups is 3. The topological polar surface area (TPSA) is 78.9 Å². The van der Waals surface area contributed by atoms with Crippen molar-refractivity contribution in [2.75, 3.05) is 13.2 Å². The Balaban J connectivity index is 4.45. The van der Waals surface area contributed by atoms with E-state index in [0.717, 1.165) is 173 Å². The molecule has 1 unspecified atom stereocenters. The summed E-state index contributed by atoms with van der Waals surface area (Å²) in [6.45, 7) is 6.27. The minimum Gasteiger partial charge on any atom is -0.462 e. The van der Waals surface area contributed by atoms with Gasteiger partial charge in [-0.15, -0.1) is 0 Å². The van der Waals surface area contributed by atoms with Crippen LogP contribution in [0.15, 0.2) is 158 Å². The minimum absolute atomic E-state index is 0.0999. The molecule has 0 spiro atoms. The summed E-state index contributed by atoms with van der Waals surface area (Å²) >= 11 is 0. The van der Waals surface area contributed by atoms with Crippen LogP contribution in [-0.2, 0) is 28.6 Å². The molecule has 6 nitrogen and oxygen atoms in total. The maximum atomic E-state index is 12.9. The second-order valence-corrected chi connectivity index (χ2v) is 20.5. The van der Waals surface area contributed by atoms with E-state index < -0.39 is 6.10 Å². The number of hydrogen-bond donors (Lipinski definition) is 0. The van der Waals surface area contributed by atoms with Crippen LogP contribution < -0.4 is 0 Å². The van der Waals surface area contributed by atoms with E-state index >= 15 is 0 Å². The Hall–Kier alpha value is -4.97. The number of ether oxygens (including phenoxy) is 3. The molecule has 6 heteroatoms. The molecule has 0 saturated carbocycles. The summed E-state index contributed by atoms with van der Waals surface area (Å²) < 4.78 is 16.9. The molecule has 0 aliphatic carbocycles. The van der Waals surface area contributed by atoms with Gasteiger partial charge in [0, 0.05) is 19.3 Å². The van der Waals surface area contributed by atoms with Gasteiger partial charge in [0.25, 0.3) is 0 Å². The smallest absolute Gasteiger partial charge is 0.306 e. The van der Waals surface area contributed by atoms with Crippen molar-refractivity contribution in [1.29, 1.82) is 0 Å². The number of unbranched alkanes of at least 4 members (excludes halogenated alkanes) is 19. The molecule has 0 aliphatic heterocycles. The van der Waals surface area contributed by atoms with E-state index in [1.165, 1.54) is 51.4 Å². The molecular weight excluding hydrogens is 973 g/mol. The first-order chi connectivity index (χ1) is 39.0. The summed E-state index contributed by atoms with van der Waals surface area (Å²) in [4.78, 5) is 38.4. The molecule has 0 fully saturated rings. The highest BCUT2D eigenvalue weighted by Gasteiger charge is 2.19. The Labute approximate surface area is 486 Å². The van der Waals surface area contributed by atoms with Gasteiger partial charge < -0.3 is 14.2 Å². The largest absolute Gasteiger partial charge is 0.462 e. The second-order valence-electron chi connectivity index (χ2n) is 20.5. The molecule has 0 radical (unpaired) electrons. The molecule has 79 heavy (non-hydrogen) atoms. The maximum absolute atomic E-state index is 12.9. The van der Waals surface area contributed by atoms with Crippen LogP contribution in [0.25, 0.3) is 0 Å². The zero-order valence-electron chi connectivity index (χ0n) is 50.8. The van der Waals surface area contributed by atoms with E-state index in [4.69, 9.17) is 14.2 Å². The number of carbonyl (C=O) groups excluding carboxylic acids is 3. The van der Waals surface area contributed by atoms with Crippen molar-refractivity contribution in [3.63, 3.8) is 0 Å². The molecule has 0 aromatic carbocycles. The Morgan fingerprint density at radius 1 is 0.253 bits per heavy atom. The van der Waals surface area contributed by atoms with Gasteiger partial charge in [0.1, 0.15) is 13.2 Å². The molecule has 0 saturated heterocycles. The Kier molecular flexibility index (Phi) is 61.4. The van der Waals surface area contributed by atoms with Gasteiger partial charge in [-0.05, 0) is 141 Å². The molecule has 0 amide bonds. The molecule has 0 aliphatic rings. The fourth-order valence-corrected chi connectivity index (χ4v) is 8.33. The molecule has 0 rings (SSSR count). The molecule has 0 aromatic heterocycles. The van der Waals surface area contributed by atoms with Gasteiger partial charge in [0.05, 0.1) is 0 Å². The molecular formula is C73H116O6. The van der Waals surface area contributed by atoms with Crippen LogP contribution in [0, 0.1) is 0 Å². The first-order valence-corrected chi connectivity index (χ1v) is 32.0. The number of hydrogen-bond acceptors (Lipinski definition) is 6. The van der Waals surface area contributed by atoms with Crippen molar-refractivity contribution in [2.24, 2.45) is 0 Å². The fourth-order valence-electron chi connectivity index (χ4n) is 8.33. The van der Waals surface area contributed by atoms with Gasteiger partial charge in [-0.3, -0.25) is 14.4 Å². The van der Waals surface area contributed by atoms with E-state index in [-0.39, 0.29) is 31.1 Å². The van der Waals surface area contributed by atoms with Crippen molar-refractivity contribution < 1.29 is 28.6 Å². The van der Waals surface area contributed by atoms with E-state index in [1.807, 2.05) is 0 Å². The minimum atomic E-state index is -0.805. The zero-order chi connectivity index (χ0) is 57.1. The van der Waals surface area contributed by atoms with Crippen molar-refractivity contribution >= 4 is 17.9 Å². The Morgan fingerprint density at radius 3 is 0.709 bits per heavy atom. The lowest BCUT2D eigenvalue weighted by Crippen LogP contribution is -2.30. The van der Waals surface area contributed by atoms with Gasteiger partial charge in [0.2, 0.25) is 0 Å². The standard InChI is InChI=1S/C73H116O6/c1-4-7-10-13-16-19-22-25-28-31-32-33-34-35-36-37-38-39-40-43-45-48-51-54-57-60-63-66-72(75)78-69-70(79-73(76)67-64-61-58-55-52-49-46-42-30-27-24-21-18-15-12-9-6-3)68-77-71(74)65-62-59-56-53-50-47-44-41-29-26-23-20-17-14-11-8-5-2/h7-12,16-21,25-30,32-33,35-36,38-39,43,45,70H,4-6,13-15,22-24,31,34,37,40-42,44,46-69H2,1-3H3/b10-7-,11-8-,12-9-,19-16-,20-17-,21-18-,28-25-,29-26-,30-27-,33-32-,36-35-,39-38-,45-43-. The molecule has 0 aromatic rings. The third kappa shape index (κ3) is 63.7. The van der Waals surface area contributed by atoms with Crippen molar-refractivity contribution in [2.45, 2.75) is 271 Å². The lowest BCUT2D eigenvalue weighted by Gasteiger charge is -2.18. The van der Waals surface area contributed by atoms with Crippen LogP contribution in [0.2, 0.25) is 0 Å². The predicted octanol–water partition coefficient (Wildman–Crippen LogP) is 22.1. The van der Waals surface area contributed by atoms with E-state index in [0.29, 0.717) is 19.3 Å². The molecule has 0 bridgehead atoms. The monoisotopic (exact) mass is 1090 g/mol. The number of allylic oxidation sites excluding steroid dienone is 26. The van der Waals surface area contributed by atoms with Gasteiger partial charge >= 0.3 is 17.9 Å². The van der Waals surface area contributed by atoms with Crippen LogP contribution in [0.1, 0.15) is 265 Å². The second kappa shape index (κ2) is 65.5. The summed E-state index contributed by atoms with van der Waals surface area (Å²) in [5.41, 5.74) is 0. The van der Waals surface area contributed by atoms with Crippen LogP contribution in [-0.4, -0.2) is 37.2 Å². The molecule has 0 heterocycles. The van der Waals surface area contributed by atoms with Crippen molar-refractivity contribution in [3.05, 3.63) is 158 Å². The van der Waals surface area contributed by atoms with Crippen molar-refractivity contribution in [1.82, 2.24) is 0 Å². The fraction of sp³-hybridized carbons (Fsp3) is 0.603. The van der Waals surface area contributed by atoms with Crippen LogP contribution >= 0.6 is 0 Å². The Morgan fingerprint density at radius 2 is 0.456 bits per heavy atom. The Bertz CT molecular complexity index is 1780. The zero-order valence-corrected chi connectivity index (χ0v) is 50.8. The highest BCUT2D eigenvalue weighted by atomic mass is 16.6. The van der Waals surface area contributed by atoms with E-state index in [1.54, 1.807) is 0 Å². The van der Waals surface area contributed by atoms with Crippen molar-refractivity contribution in [3.8, 4) is 0 Å². The molecule has 1 atom stereocenters. The maximum Gasteiger partial charge on any atom is 0.306 e. The van der Waals surface area contributed by atoms with Gasteiger partial charge in [0.15, 0.2) is 6.10 Å². The average molecular weight is 1090 g/mol. The highest BCUT2D eigenvalue weighted by Crippen LogP contribution is 2.14. The summed E-state index contributed by atoms with van der Waals surface area (Å²) in [6.07, 6.45) is 95.2. The lowest BCUT2D eigenvalue weighted by atomic mass is 10.1. The van der Waals surface area contributed by atoms with Gasteiger partial charge in [-0.25, -0.2) is 0 Å². The summed E-state index contributed by atoms with van der Waals surface area (Å²) in [5.74, 6) is -0.940. The normalized spacial score (nSPS) is 13.2. The summed E-state index contributed by atoms with van der Waals surface area (Å²) in [7, 11) is 0. The quantitative estimate of drug-likeness (QED) is 0.0261.